The van der Waals surface area contributed by atoms with Crippen LogP contribution in [0.15, 0.2) is 57.8 Å². The molecular weight excluding hydrogens is 645 g/mol. The summed E-state index contributed by atoms with van der Waals surface area (Å²) < 4.78 is 109. The van der Waals surface area contributed by atoms with Crippen molar-refractivity contribution >= 4 is 12.1 Å². The zero-order valence-electron chi connectivity index (χ0n) is 25.4. The van der Waals surface area contributed by atoms with Crippen molar-refractivity contribution in [3.8, 4) is 5.75 Å². The number of nitrogens with zero attached hydrogens (tertiary/aromatic N) is 2. The number of carboxylic acids is 1. The fourth-order valence-corrected chi connectivity index (χ4v) is 6.11. The summed E-state index contributed by atoms with van der Waals surface area (Å²) in [7, 11) is 1.43. The number of fused-ring (bicyclic) bond motifs is 3. The largest absolute Gasteiger partial charge is 0.542 e. The van der Waals surface area contributed by atoms with E-state index >= 15 is 0 Å². The van der Waals surface area contributed by atoms with Crippen LogP contribution in [0.2, 0.25) is 0 Å². The number of aliphatic carboxylic acids is 1. The minimum Gasteiger partial charge on any atom is -0.542 e. The predicted molar refractivity (Wildman–Crippen MR) is 147 cm³/mol. The van der Waals surface area contributed by atoms with Gasteiger partial charge in [-0.05, 0) is 43.3 Å². The van der Waals surface area contributed by atoms with Gasteiger partial charge in [-0.1, -0.05) is 0 Å². The summed E-state index contributed by atoms with van der Waals surface area (Å²) in [5.74, 6) is -3.56. The molecule has 0 saturated carbocycles. The fraction of sp³-hybridized carbons (Fsp3) is 0.484. The quantitative estimate of drug-likeness (QED) is 0.158. The van der Waals surface area contributed by atoms with Crippen molar-refractivity contribution in [3.63, 3.8) is 0 Å². The van der Waals surface area contributed by atoms with Gasteiger partial charge in [-0.15, -0.1) is 0 Å². The molecular formula is C31H33F7N2O7. The van der Waals surface area contributed by atoms with Gasteiger partial charge in [-0.3, -0.25) is 4.90 Å². The molecule has 0 radical (unpaired) electrons. The van der Waals surface area contributed by atoms with Crippen LogP contribution in [0.3, 0.4) is 0 Å². The first-order valence-corrected chi connectivity index (χ1v) is 14.6. The third-order valence-electron chi connectivity index (χ3n) is 8.35. The van der Waals surface area contributed by atoms with E-state index in [1.807, 2.05) is 0 Å². The third kappa shape index (κ3) is 8.99. The van der Waals surface area contributed by atoms with Gasteiger partial charge in [0.05, 0.1) is 44.8 Å². The van der Waals surface area contributed by atoms with E-state index in [0.29, 0.717) is 24.5 Å². The molecule has 2 atom stereocenters. The number of carboxylic acid groups (broad SMARTS) is 1. The number of hydrogen-bond donors (Lipinski definition) is 0. The van der Waals surface area contributed by atoms with Crippen LogP contribution in [0.1, 0.15) is 48.0 Å². The molecule has 3 fully saturated rings. The average Bonchev–Trinajstić information content (AvgIpc) is 3.67. The number of furan rings is 2. The van der Waals surface area contributed by atoms with Crippen LogP contribution in [0.4, 0.5) is 35.5 Å². The monoisotopic (exact) mass is 678 g/mol. The molecule has 3 aromatic rings. The number of piperidine rings is 3. The number of hydrogen-bond acceptors (Lipinski definition) is 7. The second kappa shape index (κ2) is 14.3. The molecule has 6 rings (SSSR count). The number of amides is 1. The van der Waals surface area contributed by atoms with E-state index in [-0.39, 0.29) is 29.2 Å². The molecule has 3 saturated heterocycles. The first-order valence-electron chi connectivity index (χ1n) is 14.6. The summed E-state index contributed by atoms with van der Waals surface area (Å²) in [6.07, 6.45) is -5.70. The highest BCUT2D eigenvalue weighted by molar-refractivity contribution is 5.70. The summed E-state index contributed by atoms with van der Waals surface area (Å²) >= 11 is 0. The molecule has 1 unspecified atom stereocenters. The first-order chi connectivity index (χ1) is 22.0. The predicted octanol–water partition coefficient (Wildman–Crippen LogP) is 5.87. The molecule has 0 N–H and O–H groups in total. The number of carbonyl (C=O) groups is 2. The smallest absolute Gasteiger partial charge is 0.449 e. The zero-order chi connectivity index (χ0) is 34.6. The lowest BCUT2D eigenvalue weighted by molar-refractivity contribution is -0.946. The Morgan fingerprint density at radius 3 is 2.28 bits per heavy atom. The van der Waals surface area contributed by atoms with Crippen LogP contribution < -0.4 is 9.84 Å². The number of carbonyl (C=O) groups excluding carboxylic acids is 2. The molecule has 2 bridgehead atoms. The van der Waals surface area contributed by atoms with Gasteiger partial charge in [-0.25, -0.2) is 9.18 Å². The second-order valence-corrected chi connectivity index (χ2v) is 11.6. The van der Waals surface area contributed by atoms with Crippen LogP contribution >= 0.6 is 0 Å². The molecule has 47 heavy (non-hydrogen) atoms. The Balaban J connectivity index is 0.000000644. The third-order valence-corrected chi connectivity index (χ3v) is 8.35. The van der Waals surface area contributed by atoms with Gasteiger partial charge >= 0.3 is 18.4 Å². The first kappa shape index (κ1) is 35.6. The van der Waals surface area contributed by atoms with Gasteiger partial charge in [0.25, 0.3) is 0 Å². The van der Waals surface area contributed by atoms with Gasteiger partial charge in [0.15, 0.2) is 6.10 Å². The number of quaternary nitrogens is 1. The number of aryl methyl sites for hydroxylation is 1. The molecule has 1 aromatic carbocycles. The Labute approximate surface area is 265 Å². The lowest BCUT2D eigenvalue weighted by Gasteiger charge is -2.52. The highest BCUT2D eigenvalue weighted by Crippen LogP contribution is 2.42. The molecule has 0 aliphatic carbocycles. The molecule has 16 heteroatoms. The van der Waals surface area contributed by atoms with Crippen molar-refractivity contribution in [1.82, 2.24) is 4.90 Å². The summed E-state index contributed by atoms with van der Waals surface area (Å²) in [6, 6.07) is 7.63. The topological polar surface area (TPSA) is 105 Å². The Bertz CT molecular complexity index is 1480. The normalized spacial score (nSPS) is 21.4. The fourth-order valence-electron chi connectivity index (χ4n) is 6.11. The van der Waals surface area contributed by atoms with E-state index in [2.05, 4.69) is 0 Å². The van der Waals surface area contributed by atoms with Crippen molar-refractivity contribution in [3.05, 3.63) is 77.4 Å². The summed E-state index contributed by atoms with van der Waals surface area (Å²) in [4.78, 5) is 23.4. The number of benzene rings is 1. The van der Waals surface area contributed by atoms with Gasteiger partial charge in [0.2, 0.25) is 5.76 Å². The molecule has 9 nitrogen and oxygen atoms in total. The number of ether oxygens (including phenoxy) is 2. The maximum absolute atomic E-state index is 13.8. The zero-order valence-corrected chi connectivity index (χ0v) is 25.4. The maximum Gasteiger partial charge on any atom is 0.449 e. The van der Waals surface area contributed by atoms with Gasteiger partial charge in [0.1, 0.15) is 29.8 Å². The second-order valence-electron chi connectivity index (χ2n) is 11.6. The summed E-state index contributed by atoms with van der Waals surface area (Å²) in [5.41, 5.74) is 0.203. The molecule has 2 aromatic heterocycles. The average molecular weight is 679 g/mol. The van der Waals surface area contributed by atoms with E-state index in [1.165, 1.54) is 55.7 Å². The van der Waals surface area contributed by atoms with Crippen LogP contribution in [0, 0.1) is 18.7 Å². The van der Waals surface area contributed by atoms with Gasteiger partial charge in [0, 0.05) is 43.4 Å². The maximum atomic E-state index is 13.8. The van der Waals surface area contributed by atoms with Gasteiger partial charge in [-0.2, -0.15) is 26.3 Å². The lowest BCUT2D eigenvalue weighted by Crippen LogP contribution is -2.65. The van der Waals surface area contributed by atoms with Crippen LogP contribution in [-0.2, 0) is 15.7 Å². The molecule has 3 aliphatic rings. The van der Waals surface area contributed by atoms with Crippen molar-refractivity contribution in [1.29, 1.82) is 0 Å². The Morgan fingerprint density at radius 2 is 1.72 bits per heavy atom. The van der Waals surface area contributed by atoms with Crippen molar-refractivity contribution < 1.29 is 68.2 Å². The SMILES string of the molecule is Cc1cc(C(c2ccoc2)N(C)C(=O)O[C@H]2C[N+]3(CCCOc4ccc(F)cc4)CCC2CC3)c(C(F)(F)F)o1.O=C([O-])C(F)(F)F. The Hall–Kier alpha value is -4.21. The van der Waals surface area contributed by atoms with E-state index in [1.54, 1.807) is 12.1 Å². The minimum absolute atomic E-state index is 0.0878. The van der Waals surface area contributed by atoms with Crippen LogP contribution in [0.5, 0.6) is 5.75 Å². The summed E-state index contributed by atoms with van der Waals surface area (Å²) in [5, 5.41) is 8.78. The van der Waals surface area contributed by atoms with E-state index < -0.39 is 36.2 Å². The van der Waals surface area contributed by atoms with Crippen molar-refractivity contribution in [2.45, 2.75) is 50.7 Å². The highest BCUT2D eigenvalue weighted by Gasteiger charge is 2.48. The van der Waals surface area contributed by atoms with Crippen molar-refractivity contribution in [2.24, 2.45) is 5.92 Å². The Morgan fingerprint density at radius 1 is 1.09 bits per heavy atom. The lowest BCUT2D eigenvalue weighted by atomic mass is 9.83. The van der Waals surface area contributed by atoms with E-state index in [0.717, 1.165) is 43.4 Å². The summed E-state index contributed by atoms with van der Waals surface area (Å²) in [6.45, 7) is 5.37. The van der Waals surface area contributed by atoms with Gasteiger partial charge < -0.3 is 32.7 Å². The molecule has 258 valence electrons. The minimum atomic E-state index is -5.19. The van der Waals surface area contributed by atoms with E-state index in [4.69, 9.17) is 28.2 Å². The van der Waals surface area contributed by atoms with E-state index in [9.17, 15) is 35.5 Å². The number of alkyl halides is 6. The molecule has 0 spiro atoms. The number of rotatable bonds is 9. The number of halogens is 7. The Kier molecular flexibility index (Phi) is 10.8. The van der Waals surface area contributed by atoms with Crippen LogP contribution in [-0.4, -0.2) is 73.6 Å². The highest BCUT2D eigenvalue weighted by atomic mass is 19.4. The molecule has 5 heterocycles. The standard InChI is InChI=1S/C29H33F4N2O5.C2HF3O2/c1-19-16-24(27(39-19)29(31,32)33)26(21-10-15-37-18-21)34(2)28(36)40-25-17-35(12-8-20(25)9-13-35)11-3-14-38-23-6-4-22(30)5-7-23;3-2(4,5)1(6)7/h4-7,10,15-16,18,20,25-26H,3,8-9,11-14,17H2,1-2H3;(H,6,7)/q+1;/p-1/t20?,25-,26?,35?;/m0./s1. The molecule has 1 amide bonds. The van der Waals surface area contributed by atoms with Crippen molar-refractivity contribution in [2.75, 3.05) is 39.8 Å². The van der Waals surface area contributed by atoms with Crippen LogP contribution in [0.25, 0.3) is 0 Å². The molecule has 3 aliphatic heterocycles.